The molecule has 0 saturated carbocycles. The van der Waals surface area contributed by atoms with E-state index in [1.165, 1.54) is 24.3 Å². The van der Waals surface area contributed by atoms with Crippen LogP contribution in [0.5, 0.6) is 11.5 Å². The van der Waals surface area contributed by atoms with E-state index in [-0.39, 0.29) is 18.1 Å². The molecule has 0 aromatic heterocycles. The van der Waals surface area contributed by atoms with Crippen molar-refractivity contribution in [1.29, 1.82) is 5.26 Å². The third kappa shape index (κ3) is 3.35. The number of rotatable bonds is 4. The van der Waals surface area contributed by atoms with Crippen LogP contribution < -0.4 is 4.74 Å². The summed E-state index contributed by atoms with van der Waals surface area (Å²) < 4.78 is 5.03. The largest absolute Gasteiger partial charge is 0.508 e. The van der Waals surface area contributed by atoms with Crippen molar-refractivity contribution in [3.05, 3.63) is 29.8 Å². The summed E-state index contributed by atoms with van der Waals surface area (Å²) in [6.45, 7) is -0.169. The molecule has 0 spiro atoms. The molecule has 0 saturated heterocycles. The number of benzene rings is 1. The zero-order valence-corrected chi connectivity index (χ0v) is 8.25. The lowest BCUT2D eigenvalue weighted by molar-refractivity contribution is -0.131. The van der Waals surface area contributed by atoms with Crippen LogP contribution >= 0.6 is 0 Å². The van der Waals surface area contributed by atoms with Crippen molar-refractivity contribution in [2.75, 3.05) is 6.61 Å². The normalized spacial score (nSPS) is 9.94. The summed E-state index contributed by atoms with van der Waals surface area (Å²) in [6.07, 6.45) is 2.28. The average Bonchev–Trinajstić information content (AvgIpc) is 2.24. The van der Waals surface area contributed by atoms with Crippen molar-refractivity contribution in [2.45, 2.75) is 0 Å². The van der Waals surface area contributed by atoms with Gasteiger partial charge in [0.2, 0.25) is 0 Å². The second kappa shape index (κ2) is 5.41. The Morgan fingerprint density at radius 2 is 2.31 bits per heavy atom. The molecule has 5 nitrogen and oxygen atoms in total. The molecular formula is C11H9NO4. The van der Waals surface area contributed by atoms with Crippen molar-refractivity contribution < 1.29 is 19.7 Å². The van der Waals surface area contributed by atoms with E-state index in [1.807, 2.05) is 0 Å². The van der Waals surface area contributed by atoms with Crippen LogP contribution in [0.4, 0.5) is 0 Å². The molecule has 0 fully saturated rings. The van der Waals surface area contributed by atoms with Gasteiger partial charge in [-0.15, -0.1) is 0 Å². The minimum atomic E-state index is -1.08. The molecule has 82 valence electrons. The van der Waals surface area contributed by atoms with Crippen molar-refractivity contribution in [3.63, 3.8) is 0 Å². The second-order valence-corrected chi connectivity index (χ2v) is 2.84. The summed E-state index contributed by atoms with van der Waals surface area (Å²) in [5.74, 6) is -0.834. The predicted molar refractivity (Wildman–Crippen MR) is 55.9 cm³/mol. The number of aromatic hydroxyl groups is 1. The highest BCUT2D eigenvalue weighted by atomic mass is 16.5. The van der Waals surface area contributed by atoms with Gasteiger partial charge in [0.1, 0.15) is 17.6 Å². The highest BCUT2D eigenvalue weighted by Crippen LogP contribution is 2.25. The fourth-order valence-electron chi connectivity index (χ4n) is 1.06. The smallest absolute Gasteiger partial charge is 0.328 e. The number of hydrogen-bond acceptors (Lipinski definition) is 4. The average molecular weight is 219 g/mol. The van der Waals surface area contributed by atoms with E-state index < -0.39 is 5.97 Å². The van der Waals surface area contributed by atoms with E-state index in [4.69, 9.17) is 15.1 Å². The zero-order valence-electron chi connectivity index (χ0n) is 8.25. The molecule has 0 aliphatic heterocycles. The van der Waals surface area contributed by atoms with Crippen LogP contribution in [-0.4, -0.2) is 22.8 Å². The Kier molecular flexibility index (Phi) is 3.92. The molecule has 0 radical (unpaired) electrons. The molecule has 0 atom stereocenters. The molecule has 1 aromatic carbocycles. The van der Waals surface area contributed by atoms with Crippen LogP contribution in [-0.2, 0) is 4.79 Å². The Morgan fingerprint density at radius 1 is 1.56 bits per heavy atom. The first-order valence-corrected chi connectivity index (χ1v) is 4.37. The van der Waals surface area contributed by atoms with E-state index in [0.717, 1.165) is 6.08 Å². The lowest BCUT2D eigenvalue weighted by Gasteiger charge is -2.06. The van der Waals surface area contributed by atoms with Gasteiger partial charge in [0.25, 0.3) is 0 Å². The molecular weight excluding hydrogens is 210 g/mol. The minimum Gasteiger partial charge on any atom is -0.508 e. The fraction of sp³-hybridized carbons (Fsp3) is 0.0909. The molecule has 16 heavy (non-hydrogen) atoms. The van der Waals surface area contributed by atoms with Crippen molar-refractivity contribution in [2.24, 2.45) is 0 Å². The number of aliphatic carboxylic acids is 1. The Hall–Kier alpha value is -2.48. The second-order valence-electron chi connectivity index (χ2n) is 2.84. The van der Waals surface area contributed by atoms with Gasteiger partial charge in [-0.1, -0.05) is 0 Å². The minimum absolute atomic E-state index is 0.0135. The number of phenols is 1. The summed E-state index contributed by atoms with van der Waals surface area (Å²) in [5, 5.41) is 26.0. The number of nitrogens with zero attached hydrogens (tertiary/aromatic N) is 1. The van der Waals surface area contributed by atoms with E-state index in [2.05, 4.69) is 0 Å². The fourth-order valence-corrected chi connectivity index (χ4v) is 1.06. The number of hydrogen-bond donors (Lipinski definition) is 2. The van der Waals surface area contributed by atoms with Gasteiger partial charge in [-0.3, -0.25) is 0 Å². The molecule has 2 N–H and O–H groups in total. The molecule has 0 unspecified atom stereocenters. The standard InChI is InChI=1S/C11H9NO4/c12-5-6-16-10-7-9(13)3-1-8(10)2-4-11(14)15/h1-4,7,13H,6H2,(H,14,15). The molecule has 0 heterocycles. The quantitative estimate of drug-likeness (QED) is 0.747. The SMILES string of the molecule is N#CCOc1cc(O)ccc1C=CC(=O)O. The van der Waals surface area contributed by atoms with Gasteiger partial charge in [0, 0.05) is 17.7 Å². The Labute approximate surface area is 91.8 Å². The van der Waals surface area contributed by atoms with Crippen LogP contribution in [0.15, 0.2) is 24.3 Å². The molecule has 0 aliphatic carbocycles. The molecule has 0 aliphatic rings. The summed E-state index contributed by atoms with van der Waals surface area (Å²) in [5.41, 5.74) is 0.482. The van der Waals surface area contributed by atoms with Gasteiger partial charge in [-0.2, -0.15) is 5.26 Å². The highest BCUT2D eigenvalue weighted by molar-refractivity contribution is 5.86. The third-order valence-corrected chi connectivity index (χ3v) is 1.69. The monoisotopic (exact) mass is 219 g/mol. The van der Waals surface area contributed by atoms with Crippen molar-refractivity contribution in [3.8, 4) is 17.6 Å². The lowest BCUT2D eigenvalue weighted by atomic mass is 10.2. The summed E-state index contributed by atoms with van der Waals surface area (Å²) in [6, 6.07) is 6.01. The molecule has 0 bridgehead atoms. The molecule has 1 aromatic rings. The lowest BCUT2D eigenvalue weighted by Crippen LogP contribution is -1.95. The first-order chi connectivity index (χ1) is 7.63. The van der Waals surface area contributed by atoms with E-state index in [9.17, 15) is 9.90 Å². The number of carbonyl (C=O) groups is 1. The van der Waals surface area contributed by atoms with Gasteiger partial charge in [0.15, 0.2) is 6.61 Å². The highest BCUT2D eigenvalue weighted by Gasteiger charge is 2.02. The van der Waals surface area contributed by atoms with E-state index in [1.54, 1.807) is 6.07 Å². The zero-order chi connectivity index (χ0) is 12.0. The van der Waals surface area contributed by atoms with Crippen molar-refractivity contribution in [1.82, 2.24) is 0 Å². The third-order valence-electron chi connectivity index (χ3n) is 1.69. The van der Waals surface area contributed by atoms with Gasteiger partial charge in [-0.05, 0) is 18.2 Å². The Balaban J connectivity index is 2.98. The summed E-state index contributed by atoms with van der Waals surface area (Å²) in [7, 11) is 0. The predicted octanol–water partition coefficient (Wildman–Crippen LogP) is 1.39. The number of ether oxygens (including phenoxy) is 1. The van der Waals surface area contributed by atoms with Crippen molar-refractivity contribution >= 4 is 12.0 Å². The van der Waals surface area contributed by atoms with Gasteiger partial charge >= 0.3 is 5.97 Å². The number of carboxylic acid groups (broad SMARTS) is 1. The molecule has 0 amide bonds. The van der Waals surface area contributed by atoms with Gasteiger partial charge in [-0.25, -0.2) is 4.79 Å². The van der Waals surface area contributed by atoms with Crippen LogP contribution in [0.25, 0.3) is 6.08 Å². The summed E-state index contributed by atoms with van der Waals surface area (Å²) in [4.78, 5) is 10.3. The summed E-state index contributed by atoms with van der Waals surface area (Å²) >= 11 is 0. The maximum absolute atomic E-state index is 10.3. The maximum Gasteiger partial charge on any atom is 0.328 e. The van der Waals surface area contributed by atoms with E-state index in [0.29, 0.717) is 5.56 Å². The molecule has 1 rings (SSSR count). The van der Waals surface area contributed by atoms with Crippen LogP contribution in [0.2, 0.25) is 0 Å². The Bertz CT molecular complexity index is 460. The maximum atomic E-state index is 10.3. The first-order valence-electron chi connectivity index (χ1n) is 4.37. The Morgan fingerprint density at radius 3 is 2.94 bits per heavy atom. The van der Waals surface area contributed by atoms with E-state index >= 15 is 0 Å². The first kappa shape index (κ1) is 11.6. The number of nitriles is 1. The number of phenolic OH excluding ortho intramolecular Hbond substituents is 1. The van der Waals surface area contributed by atoms with Crippen LogP contribution in [0.3, 0.4) is 0 Å². The van der Waals surface area contributed by atoms with Crippen LogP contribution in [0.1, 0.15) is 5.56 Å². The van der Waals surface area contributed by atoms with Gasteiger partial charge in [0.05, 0.1) is 0 Å². The topological polar surface area (TPSA) is 90.5 Å². The van der Waals surface area contributed by atoms with Gasteiger partial charge < -0.3 is 14.9 Å². The molecule has 5 heteroatoms. The number of carboxylic acids is 1. The van der Waals surface area contributed by atoms with Crippen LogP contribution in [0, 0.1) is 11.3 Å².